The average molecular weight is 241 g/mol. The first-order chi connectivity index (χ1) is 8.30. The predicted molar refractivity (Wildman–Crippen MR) is 71.9 cm³/mol. The van der Waals surface area contributed by atoms with E-state index in [1.807, 2.05) is 0 Å². The minimum Gasteiger partial charge on any atom is -0.411 e. The van der Waals surface area contributed by atoms with Gasteiger partial charge in [0.25, 0.3) is 0 Å². The molecule has 0 amide bonds. The van der Waals surface area contributed by atoms with Gasteiger partial charge in [0, 0.05) is 25.9 Å². The first-order valence-corrected chi connectivity index (χ1v) is 6.94. The maximum Gasteiger partial charge on any atom is 0.0596 e. The molecule has 1 rings (SSSR count). The summed E-state index contributed by atoms with van der Waals surface area (Å²) in [5.74, 6) is 0. The van der Waals surface area contributed by atoms with Crippen LogP contribution in [0.5, 0.6) is 0 Å². The Morgan fingerprint density at radius 1 is 1.18 bits per heavy atom. The van der Waals surface area contributed by atoms with Crippen molar-refractivity contribution in [2.45, 2.75) is 39.5 Å². The summed E-state index contributed by atoms with van der Waals surface area (Å²) < 4.78 is 0. The molecule has 1 aliphatic rings. The van der Waals surface area contributed by atoms with Gasteiger partial charge < -0.3 is 15.0 Å². The van der Waals surface area contributed by atoms with Gasteiger partial charge in [-0.2, -0.15) is 0 Å². The molecule has 0 aromatic rings. The third kappa shape index (κ3) is 5.50. The molecule has 0 aromatic heterocycles. The Morgan fingerprint density at radius 2 is 1.82 bits per heavy atom. The van der Waals surface area contributed by atoms with Crippen molar-refractivity contribution in [3.05, 3.63) is 0 Å². The van der Waals surface area contributed by atoms with E-state index in [9.17, 15) is 0 Å². The summed E-state index contributed by atoms with van der Waals surface area (Å²) in [4.78, 5) is 4.96. The van der Waals surface area contributed by atoms with Gasteiger partial charge in [-0.3, -0.25) is 0 Å². The second kappa shape index (κ2) is 8.48. The molecule has 0 atom stereocenters. The summed E-state index contributed by atoms with van der Waals surface area (Å²) >= 11 is 0. The Hall–Kier alpha value is -0.610. The van der Waals surface area contributed by atoms with Crippen molar-refractivity contribution in [3.8, 4) is 0 Å². The number of hydrogen-bond acceptors (Lipinski definition) is 4. The zero-order chi connectivity index (χ0) is 12.5. The monoisotopic (exact) mass is 241 g/mol. The van der Waals surface area contributed by atoms with Crippen molar-refractivity contribution >= 4 is 5.71 Å². The molecule has 1 N–H and O–H groups in total. The fourth-order valence-electron chi connectivity index (χ4n) is 2.35. The maximum atomic E-state index is 8.67. The highest BCUT2D eigenvalue weighted by Gasteiger charge is 2.14. The summed E-state index contributed by atoms with van der Waals surface area (Å²) in [6.45, 7) is 11.3. The largest absolute Gasteiger partial charge is 0.411 e. The minimum absolute atomic E-state index is 0.937. The van der Waals surface area contributed by atoms with Crippen LogP contribution < -0.4 is 0 Å². The predicted octanol–water partition coefficient (Wildman–Crippen LogP) is 2.03. The van der Waals surface area contributed by atoms with Gasteiger partial charge in [0.05, 0.1) is 5.71 Å². The molecule has 4 heteroatoms. The average Bonchev–Trinajstić information content (AvgIpc) is 2.40. The molecule has 0 saturated carbocycles. The van der Waals surface area contributed by atoms with E-state index >= 15 is 0 Å². The van der Waals surface area contributed by atoms with Gasteiger partial charge >= 0.3 is 0 Å². The highest BCUT2D eigenvalue weighted by molar-refractivity contribution is 5.84. The van der Waals surface area contributed by atoms with Gasteiger partial charge in [0.1, 0.15) is 0 Å². The molecule has 1 fully saturated rings. The highest BCUT2D eigenvalue weighted by atomic mass is 16.4. The summed E-state index contributed by atoms with van der Waals surface area (Å²) in [6.07, 6.45) is 4.44. The molecule has 0 radical (unpaired) electrons. The molecule has 0 aromatic carbocycles. The van der Waals surface area contributed by atoms with Crippen LogP contribution in [0.4, 0.5) is 0 Å². The van der Waals surface area contributed by atoms with Crippen molar-refractivity contribution in [2.24, 2.45) is 5.16 Å². The molecule has 1 heterocycles. The number of likely N-dealkylation sites (tertiary alicyclic amines) is 1. The second-order valence-corrected chi connectivity index (χ2v) is 4.74. The lowest BCUT2D eigenvalue weighted by atomic mass is 10.1. The van der Waals surface area contributed by atoms with Crippen LogP contribution >= 0.6 is 0 Å². The van der Waals surface area contributed by atoms with Crippen LogP contribution in [0.15, 0.2) is 5.16 Å². The maximum absolute atomic E-state index is 8.67. The summed E-state index contributed by atoms with van der Waals surface area (Å²) in [7, 11) is 0. The number of oxime groups is 1. The molecule has 1 saturated heterocycles. The van der Waals surface area contributed by atoms with Crippen molar-refractivity contribution < 1.29 is 5.21 Å². The highest BCUT2D eigenvalue weighted by Crippen LogP contribution is 2.08. The molecular formula is C13H27N3O. The lowest BCUT2D eigenvalue weighted by Gasteiger charge is -2.27. The first kappa shape index (κ1) is 14.5. The Labute approximate surface area is 105 Å². The van der Waals surface area contributed by atoms with E-state index in [-0.39, 0.29) is 0 Å². The lowest BCUT2D eigenvalue weighted by Crippen LogP contribution is -2.35. The quantitative estimate of drug-likeness (QED) is 0.421. The summed E-state index contributed by atoms with van der Waals surface area (Å²) in [6, 6.07) is 0. The van der Waals surface area contributed by atoms with E-state index in [1.54, 1.807) is 0 Å². The summed E-state index contributed by atoms with van der Waals surface area (Å²) in [5, 5.41) is 12.0. The van der Waals surface area contributed by atoms with Gasteiger partial charge in [-0.25, -0.2) is 0 Å². The molecule has 100 valence electrons. The van der Waals surface area contributed by atoms with Crippen molar-refractivity contribution in [1.29, 1.82) is 0 Å². The summed E-state index contributed by atoms with van der Waals surface area (Å²) in [5.41, 5.74) is 0.962. The Kier molecular flexibility index (Phi) is 7.21. The van der Waals surface area contributed by atoms with Gasteiger partial charge in [-0.1, -0.05) is 19.0 Å². The van der Waals surface area contributed by atoms with Crippen LogP contribution in [0.2, 0.25) is 0 Å². The number of nitrogens with zero attached hydrogens (tertiary/aromatic N) is 3. The fraction of sp³-hybridized carbons (Fsp3) is 0.923. The van der Waals surface area contributed by atoms with Crippen LogP contribution in [0.3, 0.4) is 0 Å². The van der Waals surface area contributed by atoms with Crippen molar-refractivity contribution in [2.75, 3.05) is 39.3 Å². The minimum atomic E-state index is 0.937. The van der Waals surface area contributed by atoms with Crippen molar-refractivity contribution in [3.63, 3.8) is 0 Å². The number of unbranched alkanes of at least 4 members (excludes halogenated alkanes) is 1. The van der Waals surface area contributed by atoms with E-state index in [2.05, 4.69) is 28.8 Å². The molecule has 0 unspecified atom stereocenters. The number of piperidine rings is 1. The van der Waals surface area contributed by atoms with Gasteiger partial charge in [-0.05, 0) is 39.0 Å². The van der Waals surface area contributed by atoms with Gasteiger partial charge in [-0.15, -0.1) is 0 Å². The Balaban J connectivity index is 2.04. The molecule has 0 spiro atoms. The number of hydrogen-bond donors (Lipinski definition) is 1. The van der Waals surface area contributed by atoms with E-state index in [0.717, 1.165) is 44.7 Å². The second-order valence-electron chi connectivity index (χ2n) is 4.74. The van der Waals surface area contributed by atoms with Crippen molar-refractivity contribution in [1.82, 2.24) is 9.80 Å². The Bertz CT molecular complexity index is 217. The van der Waals surface area contributed by atoms with Gasteiger partial charge in [0.15, 0.2) is 0 Å². The molecule has 0 aliphatic carbocycles. The molecular weight excluding hydrogens is 214 g/mol. The smallest absolute Gasteiger partial charge is 0.0596 e. The van der Waals surface area contributed by atoms with Crippen LogP contribution in [0, 0.1) is 0 Å². The number of rotatable bonds is 7. The van der Waals surface area contributed by atoms with E-state index in [4.69, 9.17) is 5.21 Å². The zero-order valence-corrected chi connectivity index (χ0v) is 11.4. The molecule has 1 aliphatic heterocycles. The van der Waals surface area contributed by atoms with Crippen LogP contribution in [0.1, 0.15) is 39.5 Å². The Morgan fingerprint density at radius 3 is 2.35 bits per heavy atom. The SMILES string of the molecule is CCN(CC)CCCCN1CCC(=NO)CC1. The van der Waals surface area contributed by atoms with E-state index < -0.39 is 0 Å². The van der Waals surface area contributed by atoms with Crippen LogP contribution in [0.25, 0.3) is 0 Å². The molecule has 4 nitrogen and oxygen atoms in total. The first-order valence-electron chi connectivity index (χ1n) is 6.94. The fourth-order valence-corrected chi connectivity index (χ4v) is 2.35. The van der Waals surface area contributed by atoms with E-state index in [0.29, 0.717) is 0 Å². The standard InChI is InChI=1S/C13H27N3O/c1-3-15(4-2)9-5-6-10-16-11-7-13(14-17)8-12-16/h17H,3-12H2,1-2H3. The zero-order valence-electron chi connectivity index (χ0n) is 11.4. The van der Waals surface area contributed by atoms with E-state index in [1.165, 1.54) is 25.9 Å². The third-order valence-corrected chi connectivity index (χ3v) is 3.67. The lowest BCUT2D eigenvalue weighted by molar-refractivity contribution is 0.245. The van der Waals surface area contributed by atoms with Gasteiger partial charge in [0.2, 0.25) is 0 Å². The molecule has 0 bridgehead atoms. The van der Waals surface area contributed by atoms with Crippen LogP contribution in [-0.4, -0.2) is 60.0 Å². The van der Waals surface area contributed by atoms with Crippen LogP contribution in [-0.2, 0) is 0 Å². The normalized spacial score (nSPS) is 17.7. The molecule has 17 heavy (non-hydrogen) atoms. The topological polar surface area (TPSA) is 39.1 Å². The third-order valence-electron chi connectivity index (χ3n) is 3.67.